The Morgan fingerprint density at radius 1 is 1.08 bits per heavy atom. The van der Waals surface area contributed by atoms with Crippen LogP contribution in [0.25, 0.3) is 11.3 Å². The molecule has 0 saturated heterocycles. The molecule has 1 aromatic heterocycles. The highest BCUT2D eigenvalue weighted by Gasteiger charge is 2.11. The Hall–Kier alpha value is -3.10. The molecule has 4 nitrogen and oxygen atoms in total. The number of aromatic nitrogens is 1. The molecule has 2 aromatic carbocycles. The molecule has 3 aromatic rings. The first kappa shape index (κ1) is 17.7. The topological polar surface area (TPSA) is 65.8 Å². The molecule has 1 N–H and O–H groups in total. The summed E-state index contributed by atoms with van der Waals surface area (Å²) in [4.78, 5) is 16.7. The third-order valence-corrected chi connectivity index (χ3v) is 4.72. The molecule has 0 atom stereocenters. The number of pyridine rings is 1. The lowest BCUT2D eigenvalue weighted by molar-refractivity contribution is -0.113. The summed E-state index contributed by atoms with van der Waals surface area (Å²) in [6, 6.07) is 23.1. The van der Waals surface area contributed by atoms with Crippen LogP contribution in [0, 0.1) is 18.3 Å². The minimum absolute atomic E-state index is 0.130. The molecule has 26 heavy (non-hydrogen) atoms. The SMILES string of the molecule is Cc1ccc(NC(=O)CSc2nc(-c3ccccc3)ccc2C#N)cc1. The average molecular weight is 359 g/mol. The monoisotopic (exact) mass is 359 g/mol. The molecule has 0 radical (unpaired) electrons. The molecule has 1 amide bonds. The van der Waals surface area contributed by atoms with Gasteiger partial charge in [-0.15, -0.1) is 0 Å². The minimum atomic E-state index is -0.130. The van der Waals surface area contributed by atoms with Crippen LogP contribution in [-0.4, -0.2) is 16.6 Å². The van der Waals surface area contributed by atoms with Gasteiger partial charge in [-0.2, -0.15) is 5.26 Å². The first-order valence-electron chi connectivity index (χ1n) is 8.11. The van der Waals surface area contributed by atoms with Gasteiger partial charge in [0, 0.05) is 11.3 Å². The van der Waals surface area contributed by atoms with Crippen LogP contribution in [0.4, 0.5) is 5.69 Å². The molecule has 0 spiro atoms. The van der Waals surface area contributed by atoms with Crippen LogP contribution in [0.1, 0.15) is 11.1 Å². The number of anilines is 1. The van der Waals surface area contributed by atoms with E-state index in [1.807, 2.05) is 67.6 Å². The number of hydrogen-bond acceptors (Lipinski definition) is 4. The lowest BCUT2D eigenvalue weighted by atomic mass is 10.1. The van der Waals surface area contributed by atoms with Crippen molar-refractivity contribution in [2.24, 2.45) is 0 Å². The highest BCUT2D eigenvalue weighted by atomic mass is 32.2. The van der Waals surface area contributed by atoms with E-state index in [-0.39, 0.29) is 11.7 Å². The summed E-state index contributed by atoms with van der Waals surface area (Å²) in [5.74, 6) is 0.0583. The van der Waals surface area contributed by atoms with Gasteiger partial charge < -0.3 is 5.32 Å². The molecule has 0 unspecified atom stereocenters. The van der Waals surface area contributed by atoms with E-state index >= 15 is 0 Å². The highest BCUT2D eigenvalue weighted by Crippen LogP contribution is 2.25. The fourth-order valence-corrected chi connectivity index (χ4v) is 3.15. The predicted molar refractivity (Wildman–Crippen MR) is 105 cm³/mol. The lowest BCUT2D eigenvalue weighted by Crippen LogP contribution is -2.14. The number of hydrogen-bond donors (Lipinski definition) is 1. The van der Waals surface area contributed by atoms with Gasteiger partial charge in [-0.1, -0.05) is 59.8 Å². The van der Waals surface area contributed by atoms with Gasteiger partial charge in [0.05, 0.1) is 17.0 Å². The van der Waals surface area contributed by atoms with Gasteiger partial charge in [-0.3, -0.25) is 4.79 Å². The molecular weight excluding hydrogens is 342 g/mol. The van der Waals surface area contributed by atoms with Gasteiger partial charge in [0.25, 0.3) is 0 Å². The van der Waals surface area contributed by atoms with Gasteiger partial charge in [0.15, 0.2) is 0 Å². The third kappa shape index (κ3) is 4.50. The van der Waals surface area contributed by atoms with Crippen molar-refractivity contribution in [1.29, 1.82) is 5.26 Å². The van der Waals surface area contributed by atoms with E-state index < -0.39 is 0 Å². The Bertz CT molecular complexity index is 947. The Balaban J connectivity index is 1.71. The number of nitriles is 1. The van der Waals surface area contributed by atoms with Crippen molar-refractivity contribution in [3.05, 3.63) is 77.9 Å². The van der Waals surface area contributed by atoms with Gasteiger partial charge in [-0.25, -0.2) is 4.98 Å². The number of carbonyl (C=O) groups is 1. The number of nitrogens with one attached hydrogen (secondary N) is 1. The normalized spacial score (nSPS) is 10.2. The van der Waals surface area contributed by atoms with Gasteiger partial charge >= 0.3 is 0 Å². The molecule has 128 valence electrons. The fourth-order valence-electron chi connectivity index (χ4n) is 2.37. The van der Waals surface area contributed by atoms with Crippen molar-refractivity contribution in [2.45, 2.75) is 11.9 Å². The van der Waals surface area contributed by atoms with E-state index in [1.54, 1.807) is 6.07 Å². The molecule has 0 aliphatic heterocycles. The molecule has 5 heteroatoms. The Kier molecular flexibility index (Phi) is 5.67. The zero-order chi connectivity index (χ0) is 18.4. The van der Waals surface area contributed by atoms with Crippen LogP contribution in [0.3, 0.4) is 0 Å². The second-order valence-corrected chi connectivity index (χ2v) is 6.69. The molecule has 0 aliphatic carbocycles. The van der Waals surface area contributed by atoms with Crippen LogP contribution in [-0.2, 0) is 4.79 Å². The molecule has 0 fully saturated rings. The van der Waals surface area contributed by atoms with Crippen molar-refractivity contribution in [3.63, 3.8) is 0 Å². The van der Waals surface area contributed by atoms with E-state index in [4.69, 9.17) is 0 Å². The maximum absolute atomic E-state index is 12.2. The zero-order valence-electron chi connectivity index (χ0n) is 14.3. The molecule has 0 aliphatic rings. The maximum atomic E-state index is 12.2. The predicted octanol–water partition coefficient (Wildman–Crippen LogP) is 4.66. The van der Waals surface area contributed by atoms with Gasteiger partial charge in [0.2, 0.25) is 5.91 Å². The Labute approximate surface area is 156 Å². The van der Waals surface area contributed by atoms with Crippen LogP contribution in [0.15, 0.2) is 71.8 Å². The number of benzene rings is 2. The summed E-state index contributed by atoms with van der Waals surface area (Å²) in [6.07, 6.45) is 0. The summed E-state index contributed by atoms with van der Waals surface area (Å²) >= 11 is 1.27. The fraction of sp³-hybridized carbons (Fsp3) is 0.0952. The molecule has 0 bridgehead atoms. The number of aryl methyl sites for hydroxylation is 1. The Morgan fingerprint density at radius 2 is 1.81 bits per heavy atom. The zero-order valence-corrected chi connectivity index (χ0v) is 15.1. The number of nitrogens with zero attached hydrogens (tertiary/aromatic N) is 2. The first-order valence-corrected chi connectivity index (χ1v) is 9.10. The van der Waals surface area contributed by atoms with Crippen molar-refractivity contribution in [2.75, 3.05) is 11.1 Å². The summed E-state index contributed by atoms with van der Waals surface area (Å²) < 4.78 is 0. The van der Waals surface area contributed by atoms with Crippen molar-refractivity contribution >= 4 is 23.4 Å². The van der Waals surface area contributed by atoms with E-state index in [1.165, 1.54) is 11.8 Å². The van der Waals surface area contributed by atoms with Gasteiger partial charge in [-0.05, 0) is 31.2 Å². The van der Waals surface area contributed by atoms with E-state index in [0.29, 0.717) is 10.6 Å². The minimum Gasteiger partial charge on any atom is -0.325 e. The average Bonchev–Trinajstić information content (AvgIpc) is 2.68. The highest BCUT2D eigenvalue weighted by molar-refractivity contribution is 8.00. The molecule has 0 saturated carbocycles. The second kappa shape index (κ2) is 8.32. The standard InChI is InChI=1S/C21H17N3OS/c1-15-7-10-18(11-8-15)23-20(25)14-26-21-17(13-22)9-12-19(24-21)16-5-3-2-4-6-16/h2-12H,14H2,1H3,(H,23,25). The van der Waals surface area contributed by atoms with E-state index in [9.17, 15) is 10.1 Å². The van der Waals surface area contributed by atoms with Crippen molar-refractivity contribution < 1.29 is 4.79 Å². The lowest BCUT2D eigenvalue weighted by Gasteiger charge is -2.08. The summed E-state index contributed by atoms with van der Waals surface area (Å²) in [7, 11) is 0. The van der Waals surface area contributed by atoms with Crippen molar-refractivity contribution in [3.8, 4) is 17.3 Å². The molecule has 1 heterocycles. The number of thioether (sulfide) groups is 1. The van der Waals surface area contributed by atoms with Crippen LogP contribution >= 0.6 is 11.8 Å². The smallest absolute Gasteiger partial charge is 0.234 e. The summed E-state index contributed by atoms with van der Waals surface area (Å²) in [5.41, 5.74) is 4.12. The Morgan fingerprint density at radius 3 is 2.50 bits per heavy atom. The second-order valence-electron chi connectivity index (χ2n) is 5.73. The molecule has 3 rings (SSSR count). The van der Waals surface area contributed by atoms with E-state index in [2.05, 4.69) is 16.4 Å². The first-order chi connectivity index (χ1) is 12.7. The van der Waals surface area contributed by atoms with Gasteiger partial charge in [0.1, 0.15) is 11.1 Å². The summed E-state index contributed by atoms with van der Waals surface area (Å²) in [5, 5.41) is 12.7. The van der Waals surface area contributed by atoms with E-state index in [0.717, 1.165) is 22.5 Å². The summed E-state index contributed by atoms with van der Waals surface area (Å²) in [6.45, 7) is 2.00. The quantitative estimate of drug-likeness (QED) is 0.673. The number of rotatable bonds is 5. The third-order valence-electron chi connectivity index (χ3n) is 3.73. The maximum Gasteiger partial charge on any atom is 0.234 e. The van der Waals surface area contributed by atoms with Crippen LogP contribution in [0.5, 0.6) is 0 Å². The molecular formula is C21H17N3OS. The van der Waals surface area contributed by atoms with Crippen molar-refractivity contribution in [1.82, 2.24) is 4.98 Å². The number of carbonyl (C=O) groups excluding carboxylic acids is 1. The van der Waals surface area contributed by atoms with Crippen LogP contribution < -0.4 is 5.32 Å². The number of amides is 1. The largest absolute Gasteiger partial charge is 0.325 e. The van der Waals surface area contributed by atoms with Crippen LogP contribution in [0.2, 0.25) is 0 Å².